The van der Waals surface area contributed by atoms with Gasteiger partial charge in [-0.15, -0.1) is 0 Å². The van der Waals surface area contributed by atoms with Gasteiger partial charge in [0.1, 0.15) is 18.1 Å². The molecule has 0 bridgehead atoms. The van der Waals surface area contributed by atoms with Gasteiger partial charge in [-0.25, -0.2) is 9.07 Å². The second-order valence-electron chi connectivity index (χ2n) is 4.41. The Hall–Kier alpha value is -2.04. The summed E-state index contributed by atoms with van der Waals surface area (Å²) in [5, 5.41) is 4.31. The molecule has 0 atom stereocenters. The van der Waals surface area contributed by atoms with Crippen LogP contribution >= 0.6 is 0 Å². The van der Waals surface area contributed by atoms with Crippen molar-refractivity contribution in [1.29, 1.82) is 0 Å². The first kappa shape index (κ1) is 13.4. The fraction of sp³-hybridized carbons (Fsp3) is 0.357. The lowest BCUT2D eigenvalue weighted by atomic mass is 10.2. The van der Waals surface area contributed by atoms with Crippen LogP contribution in [0.4, 0.5) is 10.1 Å². The number of nitrogen functional groups attached to an aromatic ring is 1. The van der Waals surface area contributed by atoms with Gasteiger partial charge in [0.25, 0.3) is 0 Å². The molecule has 0 spiro atoms. The van der Waals surface area contributed by atoms with Gasteiger partial charge in [0.2, 0.25) is 5.88 Å². The summed E-state index contributed by atoms with van der Waals surface area (Å²) in [6, 6.07) is 6.54. The first-order chi connectivity index (χ1) is 9.13. The molecule has 0 saturated carbocycles. The molecule has 0 amide bonds. The van der Waals surface area contributed by atoms with Crippen LogP contribution in [-0.2, 0) is 13.2 Å². The normalized spacial score (nSPS) is 10.7. The molecule has 1 aromatic carbocycles. The van der Waals surface area contributed by atoms with E-state index in [0.717, 1.165) is 18.7 Å². The van der Waals surface area contributed by atoms with E-state index in [-0.39, 0.29) is 12.4 Å². The number of aromatic nitrogens is 2. The van der Waals surface area contributed by atoms with E-state index >= 15 is 0 Å². The van der Waals surface area contributed by atoms with Crippen molar-refractivity contribution in [2.75, 3.05) is 5.73 Å². The molecule has 1 heterocycles. The largest absolute Gasteiger partial charge is 0.471 e. The van der Waals surface area contributed by atoms with Gasteiger partial charge in [-0.1, -0.05) is 25.1 Å². The number of aryl methyl sites for hydroxylation is 2. The number of nitrogens with zero attached hydrogens (tertiary/aromatic N) is 2. The summed E-state index contributed by atoms with van der Waals surface area (Å²) in [4.78, 5) is 0. The lowest BCUT2D eigenvalue weighted by molar-refractivity contribution is 0.268. The van der Waals surface area contributed by atoms with Crippen molar-refractivity contribution in [2.24, 2.45) is 0 Å². The van der Waals surface area contributed by atoms with Gasteiger partial charge in [0.05, 0.1) is 5.69 Å². The Kier molecular flexibility index (Phi) is 4.04. The van der Waals surface area contributed by atoms with Crippen LogP contribution in [-0.4, -0.2) is 9.78 Å². The fourth-order valence-corrected chi connectivity index (χ4v) is 1.85. The maximum Gasteiger partial charge on any atom is 0.236 e. The highest BCUT2D eigenvalue weighted by Gasteiger charge is 2.14. The molecule has 2 rings (SSSR count). The van der Waals surface area contributed by atoms with E-state index in [4.69, 9.17) is 10.5 Å². The highest BCUT2D eigenvalue weighted by Crippen LogP contribution is 2.26. The molecule has 0 aliphatic carbocycles. The molecule has 19 heavy (non-hydrogen) atoms. The highest BCUT2D eigenvalue weighted by molar-refractivity contribution is 5.52. The van der Waals surface area contributed by atoms with Crippen molar-refractivity contribution < 1.29 is 9.13 Å². The predicted octanol–water partition coefficient (Wildman–Crippen LogP) is 2.90. The van der Waals surface area contributed by atoms with E-state index in [2.05, 4.69) is 5.10 Å². The van der Waals surface area contributed by atoms with Gasteiger partial charge in [-0.05, 0) is 19.4 Å². The molecule has 0 saturated heterocycles. The van der Waals surface area contributed by atoms with Crippen molar-refractivity contribution in [1.82, 2.24) is 9.78 Å². The molecule has 0 radical (unpaired) electrons. The van der Waals surface area contributed by atoms with Crippen LogP contribution in [0.15, 0.2) is 24.3 Å². The van der Waals surface area contributed by atoms with Crippen molar-refractivity contribution in [2.45, 2.75) is 33.4 Å². The van der Waals surface area contributed by atoms with Gasteiger partial charge >= 0.3 is 0 Å². The van der Waals surface area contributed by atoms with Crippen molar-refractivity contribution in [3.05, 3.63) is 41.3 Å². The molecular weight excluding hydrogens is 245 g/mol. The molecule has 2 aromatic rings. The van der Waals surface area contributed by atoms with Gasteiger partial charge in [-0.2, -0.15) is 5.10 Å². The maximum absolute atomic E-state index is 13.5. The minimum atomic E-state index is -0.278. The molecular formula is C14H18FN3O. The van der Waals surface area contributed by atoms with Crippen molar-refractivity contribution >= 4 is 5.69 Å². The smallest absolute Gasteiger partial charge is 0.236 e. The first-order valence-electron chi connectivity index (χ1n) is 6.32. The Balaban J connectivity index is 2.17. The lowest BCUT2D eigenvalue weighted by Gasteiger charge is -2.10. The predicted molar refractivity (Wildman–Crippen MR) is 72.4 cm³/mol. The minimum absolute atomic E-state index is 0.145. The van der Waals surface area contributed by atoms with Gasteiger partial charge in [-0.3, -0.25) is 0 Å². The lowest BCUT2D eigenvalue weighted by Crippen LogP contribution is -2.06. The summed E-state index contributed by atoms with van der Waals surface area (Å²) in [6.45, 7) is 4.75. The average molecular weight is 263 g/mol. The van der Waals surface area contributed by atoms with Crippen LogP contribution in [0.2, 0.25) is 0 Å². The Morgan fingerprint density at radius 3 is 2.79 bits per heavy atom. The van der Waals surface area contributed by atoms with Gasteiger partial charge < -0.3 is 10.5 Å². The summed E-state index contributed by atoms with van der Waals surface area (Å²) in [5.74, 6) is 0.238. The van der Waals surface area contributed by atoms with Crippen LogP contribution in [0.1, 0.15) is 24.6 Å². The van der Waals surface area contributed by atoms with E-state index in [1.54, 1.807) is 22.9 Å². The van der Waals surface area contributed by atoms with E-state index < -0.39 is 0 Å². The van der Waals surface area contributed by atoms with Crippen LogP contribution in [0.25, 0.3) is 0 Å². The Morgan fingerprint density at radius 2 is 2.11 bits per heavy atom. The maximum atomic E-state index is 13.5. The number of ether oxygens (including phenoxy) is 1. The number of hydrogen-bond donors (Lipinski definition) is 1. The van der Waals surface area contributed by atoms with E-state index in [1.165, 1.54) is 6.07 Å². The summed E-state index contributed by atoms with van der Waals surface area (Å²) in [7, 11) is 0. The van der Waals surface area contributed by atoms with Crippen LogP contribution in [0.5, 0.6) is 5.88 Å². The zero-order valence-electron chi connectivity index (χ0n) is 11.2. The third-order valence-corrected chi connectivity index (χ3v) is 2.88. The Morgan fingerprint density at radius 1 is 1.37 bits per heavy atom. The molecule has 0 fully saturated rings. The third-order valence-electron chi connectivity index (χ3n) is 2.88. The van der Waals surface area contributed by atoms with E-state index in [0.29, 0.717) is 17.1 Å². The fourth-order valence-electron chi connectivity index (χ4n) is 1.85. The summed E-state index contributed by atoms with van der Waals surface area (Å²) in [5.41, 5.74) is 7.69. The molecule has 0 aliphatic rings. The zero-order chi connectivity index (χ0) is 13.8. The number of anilines is 1. The number of benzene rings is 1. The first-order valence-corrected chi connectivity index (χ1v) is 6.32. The topological polar surface area (TPSA) is 53.1 Å². The second kappa shape index (κ2) is 5.73. The zero-order valence-corrected chi connectivity index (χ0v) is 11.2. The number of nitrogens with two attached hydrogens (primary N) is 1. The Bertz CT molecular complexity index is 566. The molecule has 5 heteroatoms. The highest BCUT2D eigenvalue weighted by atomic mass is 19.1. The molecule has 0 unspecified atom stereocenters. The summed E-state index contributed by atoms with van der Waals surface area (Å²) >= 11 is 0. The van der Waals surface area contributed by atoms with Crippen LogP contribution in [0.3, 0.4) is 0 Å². The number of halogens is 1. The standard InChI is InChI=1S/C14H18FN3O/c1-3-8-18-14(13(16)10(2)17-18)19-9-11-6-4-5-7-12(11)15/h4-7H,3,8-9,16H2,1-2H3. The Labute approximate surface area is 112 Å². The quantitative estimate of drug-likeness (QED) is 0.902. The average Bonchev–Trinajstić information content (AvgIpc) is 2.65. The molecule has 0 aliphatic heterocycles. The summed E-state index contributed by atoms with van der Waals surface area (Å²) < 4.78 is 20.9. The van der Waals surface area contributed by atoms with Crippen molar-refractivity contribution in [3.8, 4) is 5.88 Å². The van der Waals surface area contributed by atoms with Crippen LogP contribution < -0.4 is 10.5 Å². The monoisotopic (exact) mass is 263 g/mol. The van der Waals surface area contributed by atoms with E-state index in [1.807, 2.05) is 13.8 Å². The third kappa shape index (κ3) is 2.86. The minimum Gasteiger partial charge on any atom is -0.471 e. The van der Waals surface area contributed by atoms with Crippen molar-refractivity contribution in [3.63, 3.8) is 0 Å². The van der Waals surface area contributed by atoms with E-state index in [9.17, 15) is 4.39 Å². The van der Waals surface area contributed by atoms with Gasteiger partial charge in [0.15, 0.2) is 0 Å². The molecule has 1 aromatic heterocycles. The number of rotatable bonds is 5. The number of hydrogen-bond acceptors (Lipinski definition) is 3. The summed E-state index contributed by atoms with van der Waals surface area (Å²) in [6.07, 6.45) is 0.927. The molecule has 4 nitrogen and oxygen atoms in total. The molecule has 102 valence electrons. The SMILES string of the molecule is CCCn1nc(C)c(N)c1OCc1ccccc1F. The van der Waals surface area contributed by atoms with Gasteiger partial charge in [0, 0.05) is 12.1 Å². The molecule has 2 N–H and O–H groups in total. The second-order valence-corrected chi connectivity index (χ2v) is 4.41. The van der Waals surface area contributed by atoms with Crippen LogP contribution in [0, 0.1) is 12.7 Å².